The Morgan fingerprint density at radius 2 is 1.55 bits per heavy atom. The van der Waals surface area contributed by atoms with Crippen LogP contribution in [-0.2, 0) is 52.5 Å². The van der Waals surface area contributed by atoms with Gasteiger partial charge in [0.15, 0.2) is 12.2 Å². The fourth-order valence-corrected chi connectivity index (χ4v) is 3.26. The van der Waals surface area contributed by atoms with E-state index in [0.29, 0.717) is 0 Å². The standard InChI is InChI=1S/C19H27NO13/c1-8(21)20-15-13(30-10(3)23)6-19(28,18(26)27)33-17(15)16(32-12(5)25)14(31-11(4)24)7-29-9(2)22/h13-17,28H,6-7H2,1-5H3,(H,20,21)(H,26,27)/t13?,14-,15-,16-,17?,19+/m1/s1. The molecule has 14 nitrogen and oxygen atoms in total. The second-order valence-electron chi connectivity index (χ2n) is 7.27. The molecule has 1 fully saturated rings. The first-order chi connectivity index (χ1) is 15.2. The lowest BCUT2D eigenvalue weighted by Crippen LogP contribution is -2.68. The minimum absolute atomic E-state index is 0.650. The van der Waals surface area contributed by atoms with Crippen molar-refractivity contribution in [1.29, 1.82) is 0 Å². The Morgan fingerprint density at radius 1 is 0.970 bits per heavy atom. The van der Waals surface area contributed by atoms with Crippen molar-refractivity contribution < 1.29 is 62.7 Å². The van der Waals surface area contributed by atoms with Crippen LogP contribution in [0.5, 0.6) is 0 Å². The normalized spacial score (nSPS) is 26.2. The smallest absolute Gasteiger partial charge is 0.364 e. The first-order valence-corrected chi connectivity index (χ1v) is 9.72. The molecule has 1 heterocycles. The van der Waals surface area contributed by atoms with Gasteiger partial charge >= 0.3 is 29.8 Å². The molecule has 0 aliphatic carbocycles. The highest BCUT2D eigenvalue weighted by atomic mass is 16.7. The predicted octanol–water partition coefficient (Wildman–Crippen LogP) is -1.59. The predicted molar refractivity (Wildman–Crippen MR) is 103 cm³/mol. The Hall–Kier alpha value is -3.26. The van der Waals surface area contributed by atoms with Crippen molar-refractivity contribution in [3.63, 3.8) is 0 Å². The highest BCUT2D eigenvalue weighted by Gasteiger charge is 2.57. The van der Waals surface area contributed by atoms with Gasteiger partial charge in [-0.05, 0) is 0 Å². The lowest BCUT2D eigenvalue weighted by molar-refractivity contribution is -0.298. The molecule has 6 atom stereocenters. The van der Waals surface area contributed by atoms with Crippen molar-refractivity contribution in [3.05, 3.63) is 0 Å². The van der Waals surface area contributed by atoms with Crippen LogP contribution in [0.3, 0.4) is 0 Å². The second-order valence-corrected chi connectivity index (χ2v) is 7.27. The van der Waals surface area contributed by atoms with Crippen molar-refractivity contribution in [2.45, 2.75) is 77.3 Å². The third-order valence-electron chi connectivity index (χ3n) is 4.35. The van der Waals surface area contributed by atoms with Gasteiger partial charge in [-0.1, -0.05) is 0 Å². The second kappa shape index (κ2) is 11.6. The molecule has 186 valence electrons. The maximum atomic E-state index is 11.8. The van der Waals surface area contributed by atoms with Crippen LogP contribution in [0.15, 0.2) is 0 Å². The van der Waals surface area contributed by atoms with E-state index in [0.717, 1.165) is 34.6 Å². The maximum Gasteiger partial charge on any atom is 0.364 e. The zero-order valence-corrected chi connectivity index (χ0v) is 18.7. The van der Waals surface area contributed by atoms with Crippen LogP contribution in [0.2, 0.25) is 0 Å². The van der Waals surface area contributed by atoms with E-state index in [1.54, 1.807) is 0 Å². The lowest BCUT2D eigenvalue weighted by Gasteiger charge is -2.46. The van der Waals surface area contributed by atoms with Crippen LogP contribution in [0.1, 0.15) is 41.0 Å². The molecule has 1 saturated heterocycles. The van der Waals surface area contributed by atoms with Crippen molar-refractivity contribution >= 4 is 35.8 Å². The van der Waals surface area contributed by atoms with Crippen LogP contribution in [0.25, 0.3) is 0 Å². The number of nitrogens with one attached hydrogen (secondary N) is 1. The van der Waals surface area contributed by atoms with Gasteiger partial charge in [0.25, 0.3) is 5.79 Å². The van der Waals surface area contributed by atoms with Gasteiger partial charge in [-0.15, -0.1) is 0 Å². The Morgan fingerprint density at radius 3 is 1.97 bits per heavy atom. The summed E-state index contributed by atoms with van der Waals surface area (Å²) in [4.78, 5) is 70.0. The number of rotatable bonds is 9. The van der Waals surface area contributed by atoms with E-state index in [2.05, 4.69) is 5.32 Å². The highest BCUT2D eigenvalue weighted by molar-refractivity contribution is 5.76. The van der Waals surface area contributed by atoms with E-state index in [1.807, 2.05) is 0 Å². The van der Waals surface area contributed by atoms with E-state index in [-0.39, 0.29) is 0 Å². The summed E-state index contributed by atoms with van der Waals surface area (Å²) in [5.41, 5.74) is 0. The van der Waals surface area contributed by atoms with E-state index < -0.39 is 85.0 Å². The summed E-state index contributed by atoms with van der Waals surface area (Å²) in [6, 6.07) is -1.37. The number of aliphatic hydroxyl groups is 1. The Bertz CT molecular complexity index is 797. The Kier molecular flexibility index (Phi) is 9.73. The average Bonchev–Trinajstić information content (AvgIpc) is 2.64. The molecule has 0 aromatic heterocycles. The molecule has 1 rings (SSSR count). The Labute approximate surface area is 188 Å². The number of carbonyl (C=O) groups excluding carboxylic acids is 5. The van der Waals surface area contributed by atoms with Crippen molar-refractivity contribution in [2.75, 3.05) is 6.61 Å². The van der Waals surface area contributed by atoms with Gasteiger partial charge in [0.2, 0.25) is 5.91 Å². The third kappa shape index (κ3) is 8.31. The Balaban J connectivity index is 3.60. The molecule has 1 amide bonds. The van der Waals surface area contributed by atoms with Gasteiger partial charge in [0.1, 0.15) is 18.8 Å². The van der Waals surface area contributed by atoms with E-state index in [1.165, 1.54) is 0 Å². The summed E-state index contributed by atoms with van der Waals surface area (Å²) in [7, 11) is 0. The lowest BCUT2D eigenvalue weighted by atomic mass is 9.88. The summed E-state index contributed by atoms with van der Waals surface area (Å²) in [5, 5.41) is 22.5. The quantitative estimate of drug-likeness (QED) is 0.254. The van der Waals surface area contributed by atoms with Gasteiger partial charge in [0, 0.05) is 34.6 Å². The van der Waals surface area contributed by atoms with Crippen molar-refractivity contribution in [2.24, 2.45) is 0 Å². The maximum absolute atomic E-state index is 11.8. The zero-order chi connectivity index (χ0) is 25.5. The summed E-state index contributed by atoms with van der Waals surface area (Å²) in [5.74, 6) is -8.96. The summed E-state index contributed by atoms with van der Waals surface area (Å²) in [6.07, 6.45) is -7.26. The van der Waals surface area contributed by atoms with E-state index in [9.17, 15) is 39.0 Å². The number of hydrogen-bond acceptors (Lipinski definition) is 12. The molecule has 0 saturated carbocycles. The van der Waals surface area contributed by atoms with E-state index in [4.69, 9.17) is 23.7 Å². The van der Waals surface area contributed by atoms with Gasteiger partial charge in [0.05, 0.1) is 12.5 Å². The third-order valence-corrected chi connectivity index (χ3v) is 4.35. The molecule has 3 N–H and O–H groups in total. The van der Waals surface area contributed by atoms with Gasteiger partial charge in [-0.2, -0.15) is 0 Å². The monoisotopic (exact) mass is 477 g/mol. The largest absolute Gasteiger partial charge is 0.477 e. The number of carboxylic acids is 1. The molecule has 33 heavy (non-hydrogen) atoms. The first-order valence-electron chi connectivity index (χ1n) is 9.72. The van der Waals surface area contributed by atoms with Crippen LogP contribution in [-0.4, -0.2) is 88.8 Å². The zero-order valence-electron chi connectivity index (χ0n) is 18.7. The number of esters is 4. The molecule has 0 aromatic rings. The summed E-state index contributed by atoms with van der Waals surface area (Å²) in [6.45, 7) is 4.51. The molecular formula is C19H27NO13. The van der Waals surface area contributed by atoms with Gasteiger partial charge < -0.3 is 39.2 Å². The average molecular weight is 477 g/mol. The summed E-state index contributed by atoms with van der Waals surface area (Å²) >= 11 is 0. The number of aliphatic carboxylic acids is 1. The summed E-state index contributed by atoms with van der Waals surface area (Å²) < 4.78 is 25.6. The minimum atomic E-state index is -2.94. The van der Waals surface area contributed by atoms with Gasteiger partial charge in [-0.3, -0.25) is 24.0 Å². The molecule has 0 bridgehead atoms. The molecule has 1 aliphatic heterocycles. The molecule has 0 aromatic carbocycles. The van der Waals surface area contributed by atoms with Crippen LogP contribution in [0, 0.1) is 0 Å². The fraction of sp³-hybridized carbons (Fsp3) is 0.684. The SMILES string of the molecule is CC(=O)N[C@@H]1C(OC(C)=O)C[C@@](O)(C(=O)O)OC1[C@H](OC(C)=O)[C@@H](COC(C)=O)OC(C)=O. The fourth-order valence-electron chi connectivity index (χ4n) is 3.26. The minimum Gasteiger partial charge on any atom is -0.477 e. The topological polar surface area (TPSA) is 201 Å². The first kappa shape index (κ1) is 27.8. The highest BCUT2D eigenvalue weighted by Crippen LogP contribution is 2.34. The van der Waals surface area contributed by atoms with Crippen LogP contribution < -0.4 is 5.32 Å². The van der Waals surface area contributed by atoms with Crippen LogP contribution in [0.4, 0.5) is 0 Å². The number of carboxylic acid groups (broad SMARTS) is 1. The van der Waals surface area contributed by atoms with E-state index >= 15 is 0 Å². The molecule has 14 heteroatoms. The molecule has 2 unspecified atom stereocenters. The van der Waals surface area contributed by atoms with Gasteiger partial charge in [-0.25, -0.2) is 4.79 Å². The molecular weight excluding hydrogens is 450 g/mol. The van der Waals surface area contributed by atoms with Crippen LogP contribution >= 0.6 is 0 Å². The molecule has 1 aliphatic rings. The number of hydrogen-bond donors (Lipinski definition) is 3. The van der Waals surface area contributed by atoms with Crippen molar-refractivity contribution in [3.8, 4) is 0 Å². The number of amides is 1. The molecule has 0 spiro atoms. The number of ether oxygens (including phenoxy) is 5. The van der Waals surface area contributed by atoms with Crippen molar-refractivity contribution in [1.82, 2.24) is 5.32 Å². The number of carbonyl (C=O) groups is 6. The molecule has 0 radical (unpaired) electrons.